The average molecular weight is 281 g/mol. The monoisotopic (exact) mass is 280 g/mol. The summed E-state index contributed by atoms with van der Waals surface area (Å²) < 4.78 is 0. The van der Waals surface area contributed by atoms with Crippen molar-refractivity contribution in [2.24, 2.45) is 0 Å². The fourth-order valence-corrected chi connectivity index (χ4v) is 3.61. The predicted molar refractivity (Wildman–Crippen MR) is 74.1 cm³/mol. The first-order chi connectivity index (χ1) is 9.04. The van der Waals surface area contributed by atoms with Gasteiger partial charge in [0.25, 0.3) is 5.91 Å². The van der Waals surface area contributed by atoms with E-state index in [4.69, 9.17) is 17.3 Å². The smallest absolute Gasteiger partial charge is 0.254 e. The molecule has 1 aromatic carbocycles. The molecule has 2 unspecified atom stereocenters. The molecule has 0 radical (unpaired) electrons. The number of fused-ring (bicyclic) bond motifs is 2. The van der Waals surface area contributed by atoms with Crippen LogP contribution in [0, 0.1) is 0 Å². The van der Waals surface area contributed by atoms with Gasteiger partial charge in [-0.15, -0.1) is 0 Å². The van der Waals surface area contributed by atoms with Crippen LogP contribution in [0.3, 0.4) is 0 Å². The summed E-state index contributed by atoms with van der Waals surface area (Å²) >= 11 is 5.95. The SMILES string of the molecule is Nc1cc(Cl)cc(C(=O)N2C3CCC2CC(O)C3)c1. The molecule has 3 rings (SSSR count). The van der Waals surface area contributed by atoms with E-state index < -0.39 is 0 Å². The molecule has 5 heteroatoms. The largest absolute Gasteiger partial charge is 0.399 e. The van der Waals surface area contributed by atoms with Gasteiger partial charge >= 0.3 is 0 Å². The van der Waals surface area contributed by atoms with Gasteiger partial charge in [0, 0.05) is 28.4 Å². The van der Waals surface area contributed by atoms with Crippen LogP contribution in [0.1, 0.15) is 36.0 Å². The number of amides is 1. The molecule has 2 fully saturated rings. The van der Waals surface area contributed by atoms with E-state index in [1.807, 2.05) is 4.90 Å². The van der Waals surface area contributed by atoms with Gasteiger partial charge < -0.3 is 15.7 Å². The first kappa shape index (κ1) is 12.8. The normalized spacial score (nSPS) is 29.6. The van der Waals surface area contributed by atoms with Gasteiger partial charge in [0.15, 0.2) is 0 Å². The Morgan fingerprint density at radius 2 is 1.89 bits per heavy atom. The van der Waals surface area contributed by atoms with E-state index in [0.717, 1.165) is 12.8 Å². The lowest BCUT2D eigenvalue weighted by Gasteiger charge is -2.37. The number of anilines is 1. The zero-order valence-electron chi connectivity index (χ0n) is 10.6. The van der Waals surface area contributed by atoms with Crippen molar-refractivity contribution in [2.45, 2.75) is 43.9 Å². The minimum Gasteiger partial charge on any atom is -0.399 e. The Morgan fingerprint density at radius 1 is 1.26 bits per heavy atom. The summed E-state index contributed by atoms with van der Waals surface area (Å²) in [5.41, 5.74) is 6.78. The second-order valence-corrected chi connectivity index (χ2v) is 5.93. The lowest BCUT2D eigenvalue weighted by molar-refractivity contribution is 0.0287. The third-order valence-electron chi connectivity index (χ3n) is 4.11. The van der Waals surface area contributed by atoms with Crippen molar-refractivity contribution in [3.63, 3.8) is 0 Å². The summed E-state index contributed by atoms with van der Waals surface area (Å²) in [5.74, 6) is -0.0198. The Bertz CT molecular complexity index is 486. The van der Waals surface area contributed by atoms with Crippen LogP contribution >= 0.6 is 11.6 Å². The molecule has 0 saturated carbocycles. The molecule has 4 nitrogen and oxygen atoms in total. The zero-order valence-corrected chi connectivity index (χ0v) is 11.3. The van der Waals surface area contributed by atoms with Gasteiger partial charge in [-0.1, -0.05) is 11.6 Å². The van der Waals surface area contributed by atoms with E-state index >= 15 is 0 Å². The van der Waals surface area contributed by atoms with E-state index in [1.54, 1.807) is 18.2 Å². The standard InChI is InChI=1S/C14H17ClN2O2/c15-9-3-8(4-10(16)5-9)14(19)17-11-1-2-12(17)7-13(18)6-11/h3-5,11-13,18H,1-2,6-7,16H2. The Kier molecular flexibility index (Phi) is 3.15. The third kappa shape index (κ3) is 2.30. The van der Waals surface area contributed by atoms with Crippen LogP contribution < -0.4 is 5.73 Å². The number of aliphatic hydroxyl groups is 1. The zero-order chi connectivity index (χ0) is 13.6. The maximum absolute atomic E-state index is 12.6. The highest BCUT2D eigenvalue weighted by atomic mass is 35.5. The Hall–Kier alpha value is -1.26. The molecule has 1 amide bonds. The van der Waals surface area contributed by atoms with Crippen LogP contribution in [-0.2, 0) is 0 Å². The first-order valence-electron chi connectivity index (χ1n) is 6.61. The maximum atomic E-state index is 12.6. The fourth-order valence-electron chi connectivity index (χ4n) is 3.36. The lowest BCUT2D eigenvalue weighted by Crippen LogP contribution is -2.48. The number of halogens is 1. The molecule has 1 aromatic rings. The average Bonchev–Trinajstić information content (AvgIpc) is 2.59. The lowest BCUT2D eigenvalue weighted by atomic mass is 9.98. The molecule has 0 spiro atoms. The predicted octanol–water partition coefficient (Wildman–Crippen LogP) is 2.05. The van der Waals surface area contributed by atoms with Gasteiger partial charge in [0.1, 0.15) is 0 Å². The Balaban J connectivity index is 1.88. The van der Waals surface area contributed by atoms with E-state index in [0.29, 0.717) is 29.1 Å². The molecular formula is C14H17ClN2O2. The molecular weight excluding hydrogens is 264 g/mol. The van der Waals surface area contributed by atoms with Crippen molar-refractivity contribution in [1.82, 2.24) is 4.90 Å². The van der Waals surface area contributed by atoms with Crippen molar-refractivity contribution in [1.29, 1.82) is 0 Å². The number of carbonyl (C=O) groups is 1. The molecule has 0 aliphatic carbocycles. The van der Waals surface area contributed by atoms with E-state index in [9.17, 15) is 9.90 Å². The third-order valence-corrected chi connectivity index (χ3v) is 4.33. The molecule has 2 atom stereocenters. The van der Waals surface area contributed by atoms with Gasteiger partial charge in [-0.3, -0.25) is 4.79 Å². The first-order valence-corrected chi connectivity index (χ1v) is 6.99. The molecule has 19 heavy (non-hydrogen) atoms. The molecule has 2 heterocycles. The van der Waals surface area contributed by atoms with Crippen LogP contribution in [-0.4, -0.2) is 34.1 Å². The molecule has 2 bridgehead atoms. The molecule has 2 saturated heterocycles. The molecule has 3 N–H and O–H groups in total. The van der Waals surface area contributed by atoms with Crippen molar-refractivity contribution in [3.05, 3.63) is 28.8 Å². The van der Waals surface area contributed by atoms with Crippen molar-refractivity contribution in [2.75, 3.05) is 5.73 Å². The number of nitrogens with two attached hydrogens (primary N) is 1. The Labute approximate surface area is 117 Å². The number of hydrogen-bond donors (Lipinski definition) is 2. The van der Waals surface area contributed by atoms with Crippen LogP contribution in [0.2, 0.25) is 5.02 Å². The number of carbonyl (C=O) groups excluding carboxylic acids is 1. The van der Waals surface area contributed by atoms with Gasteiger partial charge in [0.05, 0.1) is 6.10 Å². The fraction of sp³-hybridized carbons (Fsp3) is 0.500. The highest BCUT2D eigenvalue weighted by Gasteiger charge is 2.42. The van der Waals surface area contributed by atoms with Crippen LogP contribution in [0.4, 0.5) is 5.69 Å². The van der Waals surface area contributed by atoms with Crippen LogP contribution in [0.5, 0.6) is 0 Å². The molecule has 0 aromatic heterocycles. The van der Waals surface area contributed by atoms with Gasteiger partial charge in [0.2, 0.25) is 0 Å². The molecule has 102 valence electrons. The van der Waals surface area contributed by atoms with E-state index in [2.05, 4.69) is 0 Å². The summed E-state index contributed by atoms with van der Waals surface area (Å²) in [6.45, 7) is 0. The number of piperidine rings is 1. The second kappa shape index (κ2) is 4.69. The summed E-state index contributed by atoms with van der Waals surface area (Å²) in [4.78, 5) is 14.5. The van der Waals surface area contributed by atoms with Gasteiger partial charge in [-0.05, 0) is 43.9 Å². The topological polar surface area (TPSA) is 66.6 Å². The van der Waals surface area contributed by atoms with Crippen molar-refractivity contribution < 1.29 is 9.90 Å². The highest BCUT2D eigenvalue weighted by Crippen LogP contribution is 2.37. The molecule has 2 aliphatic rings. The summed E-state index contributed by atoms with van der Waals surface area (Å²) in [7, 11) is 0. The second-order valence-electron chi connectivity index (χ2n) is 5.50. The maximum Gasteiger partial charge on any atom is 0.254 e. The van der Waals surface area contributed by atoms with Gasteiger partial charge in [-0.2, -0.15) is 0 Å². The van der Waals surface area contributed by atoms with Crippen molar-refractivity contribution in [3.8, 4) is 0 Å². The minimum atomic E-state index is -0.272. The number of aliphatic hydroxyl groups excluding tert-OH is 1. The summed E-state index contributed by atoms with van der Waals surface area (Å²) in [5, 5.41) is 10.2. The van der Waals surface area contributed by atoms with E-state index in [1.165, 1.54) is 0 Å². The van der Waals surface area contributed by atoms with Crippen LogP contribution in [0.15, 0.2) is 18.2 Å². The number of nitrogens with zero attached hydrogens (tertiary/aromatic N) is 1. The Morgan fingerprint density at radius 3 is 2.47 bits per heavy atom. The summed E-state index contributed by atoms with van der Waals surface area (Å²) in [6, 6.07) is 5.26. The molecule has 2 aliphatic heterocycles. The quantitative estimate of drug-likeness (QED) is 0.774. The number of hydrogen-bond acceptors (Lipinski definition) is 3. The van der Waals surface area contributed by atoms with E-state index in [-0.39, 0.29) is 24.1 Å². The van der Waals surface area contributed by atoms with Crippen LogP contribution in [0.25, 0.3) is 0 Å². The number of benzene rings is 1. The minimum absolute atomic E-state index is 0.0198. The number of nitrogen functional groups attached to an aromatic ring is 1. The summed E-state index contributed by atoms with van der Waals surface area (Å²) in [6.07, 6.45) is 3.04. The van der Waals surface area contributed by atoms with Gasteiger partial charge in [-0.25, -0.2) is 0 Å². The van der Waals surface area contributed by atoms with Crippen molar-refractivity contribution >= 4 is 23.2 Å². The number of rotatable bonds is 1. The highest BCUT2D eigenvalue weighted by molar-refractivity contribution is 6.31.